The molecule has 2 aliphatic heterocycles. The number of aryl methyl sites for hydroxylation is 1. The van der Waals surface area contributed by atoms with Gasteiger partial charge in [0.15, 0.2) is 0 Å². The number of hydrogen-bond donors (Lipinski definition) is 1. The second-order valence-electron chi connectivity index (χ2n) is 7.07. The van der Waals surface area contributed by atoms with Crippen LogP contribution < -0.4 is 5.32 Å². The van der Waals surface area contributed by atoms with E-state index in [1.54, 1.807) is 23.4 Å². The summed E-state index contributed by atoms with van der Waals surface area (Å²) in [4.78, 5) is 0.253. The van der Waals surface area contributed by atoms with Crippen molar-refractivity contribution < 1.29 is 8.42 Å². The van der Waals surface area contributed by atoms with E-state index in [0.717, 1.165) is 44.1 Å². The van der Waals surface area contributed by atoms with E-state index in [4.69, 9.17) is 5.26 Å². The molecule has 0 radical (unpaired) electrons. The summed E-state index contributed by atoms with van der Waals surface area (Å²) in [6.45, 7) is 5.19. The fraction of sp³-hybridized carbons (Fsp3) is 0.500. The van der Waals surface area contributed by atoms with E-state index in [1.165, 1.54) is 6.07 Å². The van der Waals surface area contributed by atoms with Crippen molar-refractivity contribution in [2.24, 2.45) is 0 Å². The molecule has 142 valence electrons. The molecule has 3 heterocycles. The number of nitrogens with one attached hydrogen (secondary N) is 1. The molecule has 0 bridgehead atoms. The van der Waals surface area contributed by atoms with Crippen LogP contribution in [0.4, 0.5) is 0 Å². The Kier molecular flexibility index (Phi) is 4.72. The van der Waals surface area contributed by atoms with Crippen molar-refractivity contribution in [1.29, 1.82) is 5.26 Å². The molecule has 0 aliphatic carbocycles. The predicted molar refractivity (Wildman–Crippen MR) is 98.4 cm³/mol. The Balaban J connectivity index is 1.49. The van der Waals surface area contributed by atoms with E-state index in [9.17, 15) is 8.42 Å². The van der Waals surface area contributed by atoms with Crippen LogP contribution in [0.1, 0.15) is 41.5 Å². The van der Waals surface area contributed by atoms with Crippen molar-refractivity contribution >= 4 is 10.0 Å². The molecule has 1 aromatic carbocycles. The van der Waals surface area contributed by atoms with Crippen molar-refractivity contribution in [3.05, 3.63) is 41.0 Å². The quantitative estimate of drug-likeness (QED) is 0.848. The van der Waals surface area contributed by atoms with Crippen LogP contribution in [0.25, 0.3) is 0 Å². The number of benzene rings is 1. The molecule has 1 saturated heterocycles. The molecule has 1 aromatic heterocycles. The maximum atomic E-state index is 13.0. The summed E-state index contributed by atoms with van der Waals surface area (Å²) in [5.74, 6) is 2.18. The third-order valence-electron chi connectivity index (χ3n) is 5.43. The summed E-state index contributed by atoms with van der Waals surface area (Å²) < 4.78 is 29.6. The lowest BCUT2D eigenvalue weighted by molar-refractivity contribution is 0.307. The standard InChI is InChI=1S/C18H22N6O2S/c1-13-10-16(3-2-15(13)11-19)27(25,26)23-7-4-14(5-8-23)18-22-21-17-12-20-6-9-24(17)18/h2-3,10,14,20H,4-9,12H2,1H3. The number of aromatic nitrogens is 3. The van der Waals surface area contributed by atoms with Gasteiger partial charge in [0.05, 0.1) is 23.1 Å². The zero-order valence-corrected chi connectivity index (χ0v) is 16.0. The number of rotatable bonds is 3. The Morgan fingerprint density at radius 2 is 2.00 bits per heavy atom. The minimum Gasteiger partial charge on any atom is -0.312 e. The Bertz CT molecular complexity index is 999. The summed E-state index contributed by atoms with van der Waals surface area (Å²) in [6.07, 6.45) is 1.47. The SMILES string of the molecule is Cc1cc(S(=O)(=O)N2CCC(c3nnc4n3CCNC4)CC2)ccc1C#N. The fourth-order valence-corrected chi connectivity index (χ4v) is 5.40. The first-order valence-corrected chi connectivity index (χ1v) is 10.6. The molecule has 1 N–H and O–H groups in total. The van der Waals surface area contributed by atoms with Crippen LogP contribution in [0, 0.1) is 18.3 Å². The molecule has 0 saturated carbocycles. The van der Waals surface area contributed by atoms with Gasteiger partial charge in [-0.3, -0.25) is 0 Å². The van der Waals surface area contributed by atoms with Crippen LogP contribution >= 0.6 is 0 Å². The molecule has 2 aliphatic rings. The van der Waals surface area contributed by atoms with Gasteiger partial charge in [0.25, 0.3) is 0 Å². The summed E-state index contributed by atoms with van der Waals surface area (Å²) in [7, 11) is -3.55. The number of piperidine rings is 1. The van der Waals surface area contributed by atoms with Crippen LogP contribution in [0.3, 0.4) is 0 Å². The summed E-state index contributed by atoms with van der Waals surface area (Å²) in [6, 6.07) is 6.75. The summed E-state index contributed by atoms with van der Waals surface area (Å²) in [5, 5.41) is 21.0. The molecule has 1 fully saturated rings. The fourth-order valence-electron chi connectivity index (χ4n) is 3.84. The molecule has 0 amide bonds. The van der Waals surface area contributed by atoms with Gasteiger partial charge in [-0.15, -0.1) is 10.2 Å². The van der Waals surface area contributed by atoms with Crippen molar-refractivity contribution in [3.8, 4) is 6.07 Å². The van der Waals surface area contributed by atoms with Crippen LogP contribution in [-0.4, -0.2) is 47.1 Å². The van der Waals surface area contributed by atoms with Crippen molar-refractivity contribution in [1.82, 2.24) is 24.4 Å². The molecule has 0 atom stereocenters. The summed E-state index contributed by atoms with van der Waals surface area (Å²) in [5.41, 5.74) is 1.18. The average Bonchev–Trinajstić information content (AvgIpc) is 3.12. The first kappa shape index (κ1) is 18.1. The van der Waals surface area contributed by atoms with Gasteiger partial charge < -0.3 is 9.88 Å². The zero-order chi connectivity index (χ0) is 19.0. The molecular formula is C18H22N6O2S. The molecular weight excluding hydrogens is 364 g/mol. The highest BCUT2D eigenvalue weighted by Gasteiger charge is 2.32. The first-order chi connectivity index (χ1) is 13.0. The summed E-state index contributed by atoms with van der Waals surface area (Å²) >= 11 is 0. The van der Waals surface area contributed by atoms with Crippen molar-refractivity contribution in [2.45, 2.75) is 43.7 Å². The van der Waals surface area contributed by atoms with Gasteiger partial charge in [-0.05, 0) is 43.5 Å². The Labute approximate surface area is 158 Å². The molecule has 8 nitrogen and oxygen atoms in total. The maximum absolute atomic E-state index is 13.0. The molecule has 27 heavy (non-hydrogen) atoms. The maximum Gasteiger partial charge on any atom is 0.243 e. The second-order valence-corrected chi connectivity index (χ2v) is 9.01. The lowest BCUT2D eigenvalue weighted by Crippen LogP contribution is -2.38. The smallest absolute Gasteiger partial charge is 0.243 e. The third-order valence-corrected chi connectivity index (χ3v) is 7.32. The Hall–Kier alpha value is -2.28. The van der Waals surface area contributed by atoms with Crippen LogP contribution in [0.5, 0.6) is 0 Å². The number of nitriles is 1. The molecule has 0 unspecified atom stereocenters. The van der Waals surface area contributed by atoms with Crippen LogP contribution in [0.2, 0.25) is 0 Å². The topological polar surface area (TPSA) is 104 Å². The van der Waals surface area contributed by atoms with Crippen molar-refractivity contribution in [3.63, 3.8) is 0 Å². The van der Waals surface area contributed by atoms with E-state index < -0.39 is 10.0 Å². The largest absolute Gasteiger partial charge is 0.312 e. The lowest BCUT2D eigenvalue weighted by Gasteiger charge is -2.31. The normalized spacial score (nSPS) is 18.8. The predicted octanol–water partition coefficient (Wildman–Crippen LogP) is 1.13. The number of sulfonamides is 1. The van der Waals surface area contributed by atoms with E-state index in [0.29, 0.717) is 24.2 Å². The van der Waals surface area contributed by atoms with Crippen LogP contribution in [0.15, 0.2) is 23.1 Å². The lowest BCUT2D eigenvalue weighted by atomic mass is 9.97. The van der Waals surface area contributed by atoms with Gasteiger partial charge in [-0.1, -0.05) is 0 Å². The molecule has 9 heteroatoms. The zero-order valence-electron chi connectivity index (χ0n) is 15.2. The Morgan fingerprint density at radius 1 is 1.22 bits per heavy atom. The number of fused-ring (bicyclic) bond motifs is 1. The highest BCUT2D eigenvalue weighted by molar-refractivity contribution is 7.89. The van der Waals surface area contributed by atoms with E-state index >= 15 is 0 Å². The number of nitrogens with zero attached hydrogens (tertiary/aromatic N) is 5. The van der Waals surface area contributed by atoms with Gasteiger partial charge in [0.1, 0.15) is 11.6 Å². The number of hydrogen-bond acceptors (Lipinski definition) is 6. The first-order valence-electron chi connectivity index (χ1n) is 9.14. The third kappa shape index (κ3) is 3.25. The van der Waals surface area contributed by atoms with E-state index in [2.05, 4.69) is 26.2 Å². The molecule has 2 aromatic rings. The van der Waals surface area contributed by atoms with E-state index in [-0.39, 0.29) is 10.8 Å². The monoisotopic (exact) mass is 386 g/mol. The van der Waals surface area contributed by atoms with Gasteiger partial charge >= 0.3 is 0 Å². The van der Waals surface area contributed by atoms with E-state index in [1.807, 2.05) is 0 Å². The molecule has 0 spiro atoms. The van der Waals surface area contributed by atoms with Gasteiger partial charge in [0.2, 0.25) is 10.0 Å². The highest BCUT2D eigenvalue weighted by Crippen LogP contribution is 2.31. The van der Waals surface area contributed by atoms with Crippen molar-refractivity contribution in [2.75, 3.05) is 19.6 Å². The van der Waals surface area contributed by atoms with Gasteiger partial charge in [-0.2, -0.15) is 9.57 Å². The minimum atomic E-state index is -3.55. The molecule has 4 rings (SSSR count). The highest BCUT2D eigenvalue weighted by atomic mass is 32.2. The van der Waals surface area contributed by atoms with Gasteiger partial charge in [0, 0.05) is 32.1 Å². The minimum absolute atomic E-state index is 0.235. The van der Waals surface area contributed by atoms with Gasteiger partial charge in [-0.25, -0.2) is 8.42 Å². The van der Waals surface area contributed by atoms with Crippen LogP contribution in [-0.2, 0) is 23.1 Å². The second kappa shape index (κ2) is 7.03. The Morgan fingerprint density at radius 3 is 2.70 bits per heavy atom. The average molecular weight is 386 g/mol.